The van der Waals surface area contributed by atoms with E-state index in [2.05, 4.69) is 37.0 Å². The van der Waals surface area contributed by atoms with Gasteiger partial charge in [0.25, 0.3) is 0 Å². The topological polar surface area (TPSA) is 52.6 Å². The molecule has 4 nitrogen and oxygen atoms in total. The van der Waals surface area contributed by atoms with E-state index in [0.717, 1.165) is 44.1 Å². The number of carbonyl (C=O) groups excluding carboxylic acids is 2. The maximum atomic E-state index is 12.2. The van der Waals surface area contributed by atoms with Crippen molar-refractivity contribution in [2.24, 2.45) is 0 Å². The average molecular weight is 389 g/mol. The first kappa shape index (κ1) is 23.1. The van der Waals surface area contributed by atoms with Crippen LogP contribution in [0, 0.1) is 23.8 Å². The van der Waals surface area contributed by atoms with E-state index in [9.17, 15) is 9.59 Å². The molecule has 0 saturated heterocycles. The molecule has 0 fully saturated rings. The van der Waals surface area contributed by atoms with Crippen LogP contribution >= 0.6 is 0 Å². The number of hydrogen-bond acceptors (Lipinski definition) is 4. The molecule has 0 N–H and O–H groups in total. The fraction of sp³-hybridized carbons (Fsp3) is 0.636. The molecule has 0 saturated carbocycles. The molecule has 1 aliphatic rings. The fourth-order valence-electron chi connectivity index (χ4n) is 2.77. The summed E-state index contributed by atoms with van der Waals surface area (Å²) < 4.78 is 11.1. The van der Waals surface area contributed by atoms with Crippen LogP contribution < -0.4 is 0 Å². The van der Waals surface area contributed by atoms with Crippen LogP contribution in [-0.2, 0) is 19.1 Å². The monoisotopic (exact) mass is 388 g/mol. The summed E-state index contributed by atoms with van der Waals surface area (Å²) in [5.74, 6) is 5.17. The Labute approximate surface area is 165 Å². The van der Waals surface area contributed by atoms with Gasteiger partial charge >= 0.3 is 11.9 Å². The minimum absolute atomic E-state index is 0.242. The quantitative estimate of drug-likeness (QED) is 0.268. The third-order valence-corrected chi connectivity index (χ3v) is 4.94. The Morgan fingerprint density at radius 2 is 1.89 bits per heavy atom. The van der Waals surface area contributed by atoms with Gasteiger partial charge in [0.15, 0.2) is 6.10 Å². The molecule has 0 aromatic rings. The lowest BCUT2D eigenvalue weighted by molar-refractivity contribution is -0.164. The third-order valence-electron chi connectivity index (χ3n) is 4.07. The van der Waals surface area contributed by atoms with Gasteiger partial charge in [0.05, 0.1) is 0 Å². The highest BCUT2D eigenvalue weighted by Crippen LogP contribution is 2.25. The predicted molar refractivity (Wildman–Crippen MR) is 110 cm³/mol. The molecule has 0 radical (unpaired) electrons. The summed E-state index contributed by atoms with van der Waals surface area (Å²) >= 11 is 0. The van der Waals surface area contributed by atoms with Crippen molar-refractivity contribution in [2.75, 3.05) is 0 Å². The van der Waals surface area contributed by atoms with Crippen molar-refractivity contribution in [2.45, 2.75) is 90.1 Å². The SMILES string of the molecule is C#CCCCCCCC(=O)O[C@@H]1CCC=C(C#C[Si](C)(C)C)[C@H]1OC(C)=O. The van der Waals surface area contributed by atoms with Gasteiger partial charge in [-0.2, -0.15) is 0 Å². The van der Waals surface area contributed by atoms with Gasteiger partial charge in [0.2, 0.25) is 0 Å². The van der Waals surface area contributed by atoms with Crippen LogP contribution in [0.4, 0.5) is 0 Å². The van der Waals surface area contributed by atoms with E-state index in [4.69, 9.17) is 15.9 Å². The molecule has 5 heteroatoms. The average Bonchev–Trinajstić information content (AvgIpc) is 2.57. The molecule has 27 heavy (non-hydrogen) atoms. The second-order valence-corrected chi connectivity index (χ2v) is 12.7. The molecular weight excluding hydrogens is 356 g/mol. The van der Waals surface area contributed by atoms with Crippen LogP contribution in [0.15, 0.2) is 11.6 Å². The smallest absolute Gasteiger partial charge is 0.306 e. The second-order valence-electron chi connectivity index (χ2n) is 7.91. The van der Waals surface area contributed by atoms with Crippen LogP contribution in [0.3, 0.4) is 0 Å². The zero-order valence-electron chi connectivity index (χ0n) is 17.1. The highest BCUT2D eigenvalue weighted by atomic mass is 28.3. The maximum Gasteiger partial charge on any atom is 0.306 e. The molecule has 0 unspecified atom stereocenters. The largest absolute Gasteiger partial charge is 0.458 e. The number of allylic oxidation sites excluding steroid dienone is 1. The van der Waals surface area contributed by atoms with Gasteiger partial charge in [0.1, 0.15) is 14.2 Å². The fourth-order valence-corrected chi connectivity index (χ4v) is 3.29. The number of esters is 2. The summed E-state index contributed by atoms with van der Waals surface area (Å²) in [5, 5.41) is 0. The molecule has 0 aromatic carbocycles. The summed E-state index contributed by atoms with van der Waals surface area (Å²) in [6.45, 7) is 7.84. The second kappa shape index (κ2) is 11.7. The first-order valence-corrected chi connectivity index (χ1v) is 13.3. The standard InChI is InChI=1S/C22H32O4Si/c1-6-7-8-9-10-11-15-21(24)26-20-14-12-13-19(16-17-27(3,4)5)22(20)25-18(2)23/h1,13,20,22H,7-12,14-15H2,2-5H3/t20-,22-/m1/s1. The van der Waals surface area contributed by atoms with Crippen molar-refractivity contribution in [3.63, 3.8) is 0 Å². The van der Waals surface area contributed by atoms with Gasteiger partial charge in [-0.15, -0.1) is 17.9 Å². The molecular formula is C22H32O4Si. The molecule has 0 amide bonds. The van der Waals surface area contributed by atoms with Crippen molar-refractivity contribution in [3.8, 4) is 23.8 Å². The van der Waals surface area contributed by atoms with Gasteiger partial charge in [-0.05, 0) is 25.7 Å². The first-order chi connectivity index (χ1) is 12.7. The molecule has 0 aliphatic heterocycles. The third kappa shape index (κ3) is 10.1. The van der Waals surface area contributed by atoms with Crippen molar-refractivity contribution >= 4 is 20.0 Å². The van der Waals surface area contributed by atoms with Gasteiger partial charge < -0.3 is 9.47 Å². The molecule has 148 valence electrons. The van der Waals surface area contributed by atoms with Gasteiger partial charge in [-0.3, -0.25) is 9.59 Å². The summed E-state index contributed by atoms with van der Waals surface area (Å²) in [5.41, 5.74) is 4.06. The van der Waals surface area contributed by atoms with Crippen molar-refractivity contribution in [3.05, 3.63) is 11.6 Å². The molecule has 0 aromatic heterocycles. The van der Waals surface area contributed by atoms with E-state index in [-0.39, 0.29) is 5.97 Å². The molecule has 0 spiro atoms. The number of carbonyl (C=O) groups is 2. The zero-order valence-corrected chi connectivity index (χ0v) is 18.1. The molecule has 2 atom stereocenters. The highest BCUT2D eigenvalue weighted by molar-refractivity contribution is 6.83. The summed E-state index contributed by atoms with van der Waals surface area (Å²) in [6, 6.07) is 0. The number of hydrogen-bond donors (Lipinski definition) is 0. The van der Waals surface area contributed by atoms with E-state index in [1.807, 2.05) is 6.08 Å². The van der Waals surface area contributed by atoms with Gasteiger partial charge in [-0.25, -0.2) is 0 Å². The Balaban J connectivity index is 2.65. The summed E-state index contributed by atoms with van der Waals surface area (Å²) in [7, 11) is -1.56. The normalized spacial score (nSPS) is 19.1. The van der Waals surface area contributed by atoms with Crippen molar-refractivity contribution in [1.82, 2.24) is 0 Å². The number of terminal acetylenes is 1. The molecule has 1 aliphatic carbocycles. The Hall–Kier alpha value is -1.98. The molecule has 0 bridgehead atoms. The lowest BCUT2D eigenvalue weighted by Gasteiger charge is -2.29. The molecule has 1 rings (SSSR count). The predicted octanol–water partition coefficient (Wildman–Crippen LogP) is 4.40. The van der Waals surface area contributed by atoms with Crippen LogP contribution in [0.2, 0.25) is 19.6 Å². The molecule has 0 heterocycles. The van der Waals surface area contributed by atoms with E-state index in [0.29, 0.717) is 12.8 Å². The minimum atomic E-state index is -1.56. The van der Waals surface area contributed by atoms with E-state index in [1.54, 1.807) is 0 Å². The Morgan fingerprint density at radius 1 is 1.19 bits per heavy atom. The maximum absolute atomic E-state index is 12.2. The lowest BCUT2D eigenvalue weighted by Crippen LogP contribution is -2.38. The Morgan fingerprint density at radius 3 is 2.52 bits per heavy atom. The summed E-state index contributed by atoms with van der Waals surface area (Å²) in [6.07, 6.45) is 12.5. The minimum Gasteiger partial charge on any atom is -0.458 e. The van der Waals surface area contributed by atoms with Gasteiger partial charge in [-0.1, -0.05) is 44.5 Å². The van der Waals surface area contributed by atoms with Crippen LogP contribution in [0.5, 0.6) is 0 Å². The van der Waals surface area contributed by atoms with Crippen LogP contribution in [-0.4, -0.2) is 32.2 Å². The van der Waals surface area contributed by atoms with Crippen molar-refractivity contribution < 1.29 is 19.1 Å². The highest BCUT2D eigenvalue weighted by Gasteiger charge is 2.33. The van der Waals surface area contributed by atoms with E-state index < -0.39 is 26.3 Å². The van der Waals surface area contributed by atoms with E-state index in [1.165, 1.54) is 6.92 Å². The van der Waals surface area contributed by atoms with E-state index >= 15 is 0 Å². The number of unbranched alkanes of at least 4 members (excludes halogenated alkanes) is 4. The van der Waals surface area contributed by atoms with Crippen LogP contribution in [0.1, 0.15) is 58.3 Å². The Bertz CT molecular complexity index is 640. The van der Waals surface area contributed by atoms with Crippen molar-refractivity contribution in [1.29, 1.82) is 0 Å². The number of ether oxygens (including phenoxy) is 2. The zero-order chi connectivity index (χ0) is 20.3. The lowest BCUT2D eigenvalue weighted by atomic mass is 9.93. The first-order valence-electron chi connectivity index (χ1n) is 9.76. The Kier molecular flexibility index (Phi) is 9.97. The number of rotatable bonds is 8. The van der Waals surface area contributed by atoms with Crippen LogP contribution in [0.25, 0.3) is 0 Å². The van der Waals surface area contributed by atoms with Gasteiger partial charge in [0, 0.05) is 25.3 Å². The summed E-state index contributed by atoms with van der Waals surface area (Å²) in [4.78, 5) is 23.8.